The molecular weight excluding hydrogens is 613 g/mol. The molecule has 2 nitrogen and oxygen atoms in total. The highest BCUT2D eigenvalue weighted by molar-refractivity contribution is 7.25. The van der Waals surface area contributed by atoms with Crippen LogP contribution in [0.25, 0.3) is 97.1 Å². The van der Waals surface area contributed by atoms with Crippen molar-refractivity contribution in [2.45, 2.75) is 0 Å². The van der Waals surface area contributed by atoms with Gasteiger partial charge in [0.25, 0.3) is 0 Å². The van der Waals surface area contributed by atoms with Gasteiger partial charge in [-0.2, -0.15) is 0 Å². The van der Waals surface area contributed by atoms with Crippen molar-refractivity contribution in [3.8, 4) is 22.5 Å². The van der Waals surface area contributed by atoms with E-state index < -0.39 is 0 Å². The number of nitrogens with zero attached hydrogens (tertiary/aromatic N) is 2. The van der Waals surface area contributed by atoms with Gasteiger partial charge in [0, 0.05) is 52.8 Å². The molecule has 0 unspecified atom stereocenters. The van der Waals surface area contributed by atoms with Crippen molar-refractivity contribution >= 4 is 85.9 Å². The van der Waals surface area contributed by atoms with Crippen molar-refractivity contribution in [1.29, 1.82) is 0 Å². The van der Waals surface area contributed by atoms with E-state index in [1.54, 1.807) is 0 Å². The number of hydrogen-bond donors (Lipinski definition) is 0. The van der Waals surface area contributed by atoms with Crippen molar-refractivity contribution < 1.29 is 0 Å². The molecule has 0 N–H and O–H groups in total. The predicted molar refractivity (Wildman–Crippen MR) is 211 cm³/mol. The first kappa shape index (κ1) is 26.9. The summed E-state index contributed by atoms with van der Waals surface area (Å²) in [5, 5.41) is 10.2. The van der Waals surface area contributed by atoms with Crippen molar-refractivity contribution in [3.05, 3.63) is 170 Å². The molecule has 0 aliphatic heterocycles. The smallest absolute Gasteiger partial charge is 0.0547 e. The van der Waals surface area contributed by atoms with E-state index in [0.717, 1.165) is 0 Å². The van der Waals surface area contributed by atoms with Crippen molar-refractivity contribution in [3.63, 3.8) is 0 Å². The first-order valence-electron chi connectivity index (χ1n) is 16.8. The summed E-state index contributed by atoms with van der Waals surface area (Å²) in [6.45, 7) is 0. The van der Waals surface area contributed by atoms with Crippen LogP contribution in [0.5, 0.6) is 0 Å². The maximum absolute atomic E-state index is 2.45. The lowest BCUT2D eigenvalue weighted by Crippen LogP contribution is -1.95. The van der Waals surface area contributed by atoms with Gasteiger partial charge in [0.05, 0.1) is 27.8 Å². The van der Waals surface area contributed by atoms with Gasteiger partial charge in [-0.05, 0) is 77.2 Å². The molecular formula is C46H28N2S. The molecule has 3 heterocycles. The molecule has 0 bridgehead atoms. The maximum Gasteiger partial charge on any atom is 0.0547 e. The lowest BCUT2D eigenvalue weighted by molar-refractivity contribution is 1.19. The molecule has 0 amide bonds. The summed E-state index contributed by atoms with van der Waals surface area (Å²) in [4.78, 5) is 0. The van der Waals surface area contributed by atoms with Crippen LogP contribution >= 0.6 is 11.3 Å². The minimum Gasteiger partial charge on any atom is -0.309 e. The number of aromatic nitrogens is 2. The quantitative estimate of drug-likeness (QED) is 0.182. The van der Waals surface area contributed by atoms with Crippen molar-refractivity contribution in [1.82, 2.24) is 9.13 Å². The molecule has 228 valence electrons. The number of benzene rings is 8. The summed E-state index contributed by atoms with van der Waals surface area (Å²) in [6.07, 6.45) is 0. The SMILES string of the molecule is c1ccc2c(-n3c4ccccc4c4cc(-c5ccc6c7ccccc7n(-c7ccc8sc9ccccc9c8c7)c6c5)ccc43)cccc2c1. The largest absolute Gasteiger partial charge is 0.309 e. The van der Waals surface area contributed by atoms with Gasteiger partial charge in [-0.3, -0.25) is 0 Å². The Morgan fingerprint density at radius 1 is 0.327 bits per heavy atom. The molecule has 0 atom stereocenters. The minimum absolute atomic E-state index is 1.19. The van der Waals surface area contributed by atoms with E-state index >= 15 is 0 Å². The van der Waals surface area contributed by atoms with Gasteiger partial charge in [0.2, 0.25) is 0 Å². The van der Waals surface area contributed by atoms with E-state index in [-0.39, 0.29) is 0 Å². The second-order valence-corrected chi connectivity index (χ2v) is 14.0. The average molecular weight is 641 g/mol. The van der Waals surface area contributed by atoms with Crippen LogP contribution in [0.4, 0.5) is 0 Å². The van der Waals surface area contributed by atoms with E-state index in [4.69, 9.17) is 0 Å². The summed E-state index contributed by atoms with van der Waals surface area (Å²) in [6, 6.07) is 62.5. The number of rotatable bonds is 3. The standard InChI is InChI=1S/C46H28N2S/c1-2-12-33-29(10-1)11-9-18-40(33)48-42-17-7-4-14-35(42)38-26-30(21-24-43(38)48)31-20-23-36-34-13-3-6-16-41(34)47(44(36)27-31)32-22-25-46-39(28-32)37-15-5-8-19-45(37)49-46/h1-28H. The Kier molecular flexibility index (Phi) is 5.57. The fourth-order valence-electron chi connectivity index (χ4n) is 8.10. The first-order valence-corrected chi connectivity index (χ1v) is 17.6. The summed E-state index contributed by atoms with van der Waals surface area (Å²) in [5.41, 5.74) is 9.70. The summed E-state index contributed by atoms with van der Waals surface area (Å²) in [5.74, 6) is 0. The zero-order chi connectivity index (χ0) is 32.1. The van der Waals surface area contributed by atoms with Crippen molar-refractivity contribution in [2.24, 2.45) is 0 Å². The highest BCUT2D eigenvalue weighted by Gasteiger charge is 2.17. The molecule has 0 spiro atoms. The Balaban J connectivity index is 1.14. The Morgan fingerprint density at radius 2 is 0.939 bits per heavy atom. The average Bonchev–Trinajstić information content (AvgIpc) is 3.81. The number of fused-ring (bicyclic) bond motifs is 10. The Labute approximate surface area is 286 Å². The Bertz CT molecular complexity index is 3110. The lowest BCUT2D eigenvalue weighted by Gasteiger charge is -2.12. The molecule has 3 aromatic heterocycles. The van der Waals surface area contributed by atoms with Gasteiger partial charge in [-0.1, -0.05) is 109 Å². The molecule has 49 heavy (non-hydrogen) atoms. The third kappa shape index (κ3) is 3.88. The molecule has 0 radical (unpaired) electrons. The van der Waals surface area contributed by atoms with Crippen LogP contribution in [0.1, 0.15) is 0 Å². The summed E-state index contributed by atoms with van der Waals surface area (Å²) >= 11 is 1.87. The number of para-hydroxylation sites is 2. The molecule has 0 saturated carbocycles. The summed E-state index contributed by atoms with van der Waals surface area (Å²) in [7, 11) is 0. The van der Waals surface area contributed by atoms with E-state index in [9.17, 15) is 0 Å². The van der Waals surface area contributed by atoms with Crippen LogP contribution in [0.3, 0.4) is 0 Å². The molecule has 0 aliphatic rings. The molecule has 11 rings (SSSR count). The number of thiophene rings is 1. The second-order valence-electron chi connectivity index (χ2n) is 12.9. The van der Waals surface area contributed by atoms with Gasteiger partial charge < -0.3 is 9.13 Å². The van der Waals surface area contributed by atoms with E-state index in [1.807, 2.05) is 11.3 Å². The van der Waals surface area contributed by atoms with E-state index in [1.165, 1.54) is 97.1 Å². The van der Waals surface area contributed by atoms with Crippen LogP contribution in [-0.4, -0.2) is 9.13 Å². The first-order chi connectivity index (χ1) is 24.3. The molecule has 0 aliphatic carbocycles. The van der Waals surface area contributed by atoms with E-state index in [2.05, 4.69) is 179 Å². The van der Waals surface area contributed by atoms with Crippen LogP contribution < -0.4 is 0 Å². The van der Waals surface area contributed by atoms with Gasteiger partial charge in [-0.15, -0.1) is 11.3 Å². The molecule has 3 heteroatoms. The minimum atomic E-state index is 1.19. The molecule has 0 saturated heterocycles. The van der Waals surface area contributed by atoms with Gasteiger partial charge >= 0.3 is 0 Å². The lowest BCUT2D eigenvalue weighted by atomic mass is 10.0. The zero-order valence-electron chi connectivity index (χ0n) is 26.5. The van der Waals surface area contributed by atoms with Crippen LogP contribution in [0, 0.1) is 0 Å². The molecule has 11 aromatic rings. The Hall–Kier alpha value is -6.16. The highest BCUT2D eigenvalue weighted by atomic mass is 32.1. The van der Waals surface area contributed by atoms with Crippen LogP contribution in [-0.2, 0) is 0 Å². The normalized spacial score (nSPS) is 12.1. The maximum atomic E-state index is 2.45. The third-order valence-corrected chi connectivity index (χ3v) is 11.5. The number of hydrogen-bond acceptors (Lipinski definition) is 1. The Morgan fingerprint density at radius 3 is 1.82 bits per heavy atom. The molecule has 8 aromatic carbocycles. The van der Waals surface area contributed by atoms with Gasteiger partial charge in [-0.25, -0.2) is 0 Å². The second kappa shape index (κ2) is 10.2. The highest BCUT2D eigenvalue weighted by Crippen LogP contribution is 2.40. The molecule has 0 fully saturated rings. The van der Waals surface area contributed by atoms with Crippen LogP contribution in [0.15, 0.2) is 170 Å². The van der Waals surface area contributed by atoms with Gasteiger partial charge in [0.15, 0.2) is 0 Å². The fraction of sp³-hybridized carbons (Fsp3) is 0. The van der Waals surface area contributed by atoms with Gasteiger partial charge in [0.1, 0.15) is 0 Å². The van der Waals surface area contributed by atoms with Crippen LogP contribution in [0.2, 0.25) is 0 Å². The van der Waals surface area contributed by atoms with Crippen molar-refractivity contribution in [2.75, 3.05) is 0 Å². The predicted octanol–water partition coefficient (Wildman–Crippen LogP) is 13.1. The fourth-order valence-corrected chi connectivity index (χ4v) is 9.18. The topological polar surface area (TPSA) is 9.86 Å². The van der Waals surface area contributed by atoms with E-state index in [0.29, 0.717) is 0 Å². The zero-order valence-corrected chi connectivity index (χ0v) is 27.3. The summed E-state index contributed by atoms with van der Waals surface area (Å²) < 4.78 is 7.53. The monoisotopic (exact) mass is 640 g/mol. The third-order valence-electron chi connectivity index (χ3n) is 10.3.